The van der Waals surface area contributed by atoms with Gasteiger partial charge in [0.2, 0.25) is 0 Å². The molecule has 0 spiro atoms. The van der Waals surface area contributed by atoms with Crippen LogP contribution in [-0.2, 0) is 0 Å². The number of nitrogens with two attached hydrogens (primary N) is 1. The second-order valence-corrected chi connectivity index (χ2v) is 4.05. The van der Waals surface area contributed by atoms with Gasteiger partial charge in [0.25, 0.3) is 0 Å². The van der Waals surface area contributed by atoms with Crippen LogP contribution in [0, 0.1) is 6.92 Å². The minimum atomic E-state index is 0.0648. The molecule has 1 unspecified atom stereocenters. The van der Waals surface area contributed by atoms with Crippen LogP contribution in [0.3, 0.4) is 0 Å². The summed E-state index contributed by atoms with van der Waals surface area (Å²) >= 11 is 3.43. The zero-order valence-corrected chi connectivity index (χ0v) is 9.34. The van der Waals surface area contributed by atoms with E-state index in [0.29, 0.717) is 0 Å². The van der Waals surface area contributed by atoms with Crippen LogP contribution in [0.2, 0.25) is 0 Å². The normalized spacial score (nSPS) is 12.5. The summed E-state index contributed by atoms with van der Waals surface area (Å²) in [6, 6.07) is 6.24. The molecule has 0 radical (unpaired) electrons. The number of halogens is 1. The second kappa shape index (κ2) is 4.58. The minimum absolute atomic E-state index is 0.0648. The molecule has 2 heteroatoms. The lowest BCUT2D eigenvalue weighted by Gasteiger charge is -2.12. The number of hydrogen-bond acceptors (Lipinski definition) is 1. The van der Waals surface area contributed by atoms with Crippen LogP contribution in [-0.4, -0.2) is 0 Å². The molecule has 0 saturated carbocycles. The first-order valence-corrected chi connectivity index (χ1v) is 5.07. The van der Waals surface area contributed by atoms with Crippen molar-refractivity contribution in [1.29, 1.82) is 0 Å². The van der Waals surface area contributed by atoms with Crippen LogP contribution in [0.4, 0.5) is 0 Å². The van der Waals surface area contributed by atoms with Gasteiger partial charge in [-0.1, -0.05) is 28.1 Å². The fourth-order valence-corrected chi connectivity index (χ4v) is 1.70. The molecule has 0 aromatic heterocycles. The van der Waals surface area contributed by atoms with E-state index in [-0.39, 0.29) is 6.04 Å². The van der Waals surface area contributed by atoms with Crippen LogP contribution >= 0.6 is 15.9 Å². The first kappa shape index (κ1) is 10.5. The zero-order valence-electron chi connectivity index (χ0n) is 7.76. The maximum atomic E-state index is 5.98. The largest absolute Gasteiger partial charge is 0.324 e. The van der Waals surface area contributed by atoms with Crippen molar-refractivity contribution in [2.45, 2.75) is 19.4 Å². The SMILES string of the molecule is C=CCC(N)c1cc(Br)ccc1C. The zero-order chi connectivity index (χ0) is 9.84. The van der Waals surface area contributed by atoms with Gasteiger partial charge < -0.3 is 5.73 Å². The Morgan fingerprint density at radius 3 is 2.92 bits per heavy atom. The Balaban J connectivity index is 2.97. The lowest BCUT2D eigenvalue weighted by Crippen LogP contribution is -2.10. The topological polar surface area (TPSA) is 26.0 Å². The molecule has 0 amide bonds. The second-order valence-electron chi connectivity index (χ2n) is 3.13. The lowest BCUT2D eigenvalue weighted by molar-refractivity contribution is 0.735. The van der Waals surface area contributed by atoms with E-state index in [2.05, 4.69) is 41.6 Å². The van der Waals surface area contributed by atoms with E-state index in [4.69, 9.17) is 5.73 Å². The molecule has 1 nitrogen and oxygen atoms in total. The average molecular weight is 240 g/mol. The van der Waals surface area contributed by atoms with Crippen LogP contribution in [0.5, 0.6) is 0 Å². The number of benzene rings is 1. The van der Waals surface area contributed by atoms with E-state index < -0.39 is 0 Å². The van der Waals surface area contributed by atoms with Gasteiger partial charge in [0.15, 0.2) is 0 Å². The molecule has 0 bridgehead atoms. The predicted octanol–water partition coefficient (Wildman–Crippen LogP) is 3.33. The molecule has 1 aromatic carbocycles. The summed E-state index contributed by atoms with van der Waals surface area (Å²) in [5, 5.41) is 0. The summed E-state index contributed by atoms with van der Waals surface area (Å²) in [6.45, 7) is 5.76. The molecule has 0 fully saturated rings. The molecule has 70 valence electrons. The van der Waals surface area contributed by atoms with Gasteiger partial charge in [-0.3, -0.25) is 0 Å². The van der Waals surface area contributed by atoms with E-state index in [1.54, 1.807) is 0 Å². The van der Waals surface area contributed by atoms with Gasteiger partial charge in [0.05, 0.1) is 0 Å². The Morgan fingerprint density at radius 2 is 2.31 bits per heavy atom. The van der Waals surface area contributed by atoms with Crippen molar-refractivity contribution in [3.63, 3.8) is 0 Å². The highest BCUT2D eigenvalue weighted by atomic mass is 79.9. The fraction of sp³-hybridized carbons (Fsp3) is 0.273. The van der Waals surface area contributed by atoms with Gasteiger partial charge in [-0.2, -0.15) is 0 Å². The molecule has 1 rings (SSSR count). The average Bonchev–Trinajstić information content (AvgIpc) is 2.09. The highest BCUT2D eigenvalue weighted by Gasteiger charge is 2.06. The van der Waals surface area contributed by atoms with Crippen LogP contribution in [0.15, 0.2) is 35.3 Å². The van der Waals surface area contributed by atoms with E-state index in [1.807, 2.05) is 12.1 Å². The van der Waals surface area contributed by atoms with Crippen LogP contribution in [0.25, 0.3) is 0 Å². The van der Waals surface area contributed by atoms with E-state index in [1.165, 1.54) is 11.1 Å². The Kier molecular flexibility index (Phi) is 3.70. The van der Waals surface area contributed by atoms with Gasteiger partial charge in [0, 0.05) is 10.5 Å². The molecule has 1 atom stereocenters. The van der Waals surface area contributed by atoms with Crippen molar-refractivity contribution >= 4 is 15.9 Å². The maximum absolute atomic E-state index is 5.98. The summed E-state index contributed by atoms with van der Waals surface area (Å²) in [7, 11) is 0. The molecule has 0 aliphatic heterocycles. The molecule has 0 saturated heterocycles. The summed E-state index contributed by atoms with van der Waals surface area (Å²) in [5.41, 5.74) is 8.41. The van der Waals surface area contributed by atoms with Crippen molar-refractivity contribution in [2.75, 3.05) is 0 Å². The van der Waals surface area contributed by atoms with Gasteiger partial charge in [-0.25, -0.2) is 0 Å². The summed E-state index contributed by atoms with van der Waals surface area (Å²) in [4.78, 5) is 0. The molecular weight excluding hydrogens is 226 g/mol. The summed E-state index contributed by atoms with van der Waals surface area (Å²) in [5.74, 6) is 0. The van der Waals surface area contributed by atoms with E-state index in [9.17, 15) is 0 Å². The first-order valence-electron chi connectivity index (χ1n) is 4.27. The molecule has 0 aliphatic carbocycles. The van der Waals surface area contributed by atoms with Crippen molar-refractivity contribution in [1.82, 2.24) is 0 Å². The van der Waals surface area contributed by atoms with Gasteiger partial charge in [-0.15, -0.1) is 6.58 Å². The van der Waals surface area contributed by atoms with Crippen molar-refractivity contribution in [2.24, 2.45) is 5.73 Å². The third kappa shape index (κ3) is 2.68. The smallest absolute Gasteiger partial charge is 0.0332 e. The summed E-state index contributed by atoms with van der Waals surface area (Å²) in [6.07, 6.45) is 2.67. The molecule has 0 aliphatic rings. The van der Waals surface area contributed by atoms with Crippen molar-refractivity contribution in [3.05, 3.63) is 46.5 Å². The minimum Gasteiger partial charge on any atom is -0.324 e. The molecule has 13 heavy (non-hydrogen) atoms. The third-order valence-electron chi connectivity index (χ3n) is 2.06. The number of rotatable bonds is 3. The Labute approximate surface area is 87.8 Å². The predicted molar refractivity (Wildman–Crippen MR) is 60.6 cm³/mol. The molecule has 1 aromatic rings. The highest BCUT2D eigenvalue weighted by Crippen LogP contribution is 2.22. The number of aryl methyl sites for hydroxylation is 1. The maximum Gasteiger partial charge on any atom is 0.0332 e. The van der Waals surface area contributed by atoms with Crippen molar-refractivity contribution < 1.29 is 0 Å². The third-order valence-corrected chi connectivity index (χ3v) is 2.55. The van der Waals surface area contributed by atoms with Crippen LogP contribution < -0.4 is 5.73 Å². The molecule has 2 N–H and O–H groups in total. The number of hydrogen-bond donors (Lipinski definition) is 1. The van der Waals surface area contributed by atoms with Gasteiger partial charge in [-0.05, 0) is 36.6 Å². The molecule has 0 heterocycles. The quantitative estimate of drug-likeness (QED) is 0.805. The lowest BCUT2D eigenvalue weighted by atomic mass is 10.00. The summed E-state index contributed by atoms with van der Waals surface area (Å²) < 4.78 is 1.08. The monoisotopic (exact) mass is 239 g/mol. The van der Waals surface area contributed by atoms with E-state index in [0.717, 1.165) is 10.9 Å². The van der Waals surface area contributed by atoms with Gasteiger partial charge >= 0.3 is 0 Å². The van der Waals surface area contributed by atoms with Crippen LogP contribution in [0.1, 0.15) is 23.6 Å². The Bertz CT molecular complexity index is 307. The fourth-order valence-electron chi connectivity index (χ4n) is 1.32. The highest BCUT2D eigenvalue weighted by molar-refractivity contribution is 9.10. The molecular formula is C11H14BrN. The Hall–Kier alpha value is -0.600. The Morgan fingerprint density at radius 1 is 1.62 bits per heavy atom. The van der Waals surface area contributed by atoms with Gasteiger partial charge in [0.1, 0.15) is 0 Å². The van der Waals surface area contributed by atoms with E-state index >= 15 is 0 Å². The first-order chi connectivity index (χ1) is 6.15. The van der Waals surface area contributed by atoms with Crippen molar-refractivity contribution in [3.8, 4) is 0 Å². The standard InChI is InChI=1S/C11H14BrN/c1-3-4-11(13)10-7-9(12)6-5-8(10)2/h3,5-7,11H,1,4,13H2,2H3.